The first kappa shape index (κ1) is 23.2. The lowest BCUT2D eigenvalue weighted by Gasteiger charge is -2.17. The topological polar surface area (TPSA) is 90.2 Å². The Morgan fingerprint density at radius 2 is 1.65 bits per heavy atom. The predicted molar refractivity (Wildman–Crippen MR) is 132 cm³/mol. The lowest BCUT2D eigenvalue weighted by molar-refractivity contribution is -0.122. The molecule has 4 aromatic rings. The highest BCUT2D eigenvalue weighted by atomic mass is 35.5. The molecule has 1 heterocycles. The molecule has 172 valence electrons. The maximum Gasteiger partial charge on any atom is 0.336 e. The number of nitrogens with zero attached hydrogens (tertiary/aromatic N) is 2. The summed E-state index contributed by atoms with van der Waals surface area (Å²) in [6, 6.07) is 19.9. The van der Waals surface area contributed by atoms with Gasteiger partial charge in [-0.1, -0.05) is 41.9 Å². The minimum Gasteiger partial charge on any atom is -0.348 e. The average molecular weight is 476 g/mol. The molecule has 8 heteroatoms. The van der Waals surface area contributed by atoms with E-state index in [4.69, 9.17) is 11.6 Å². The zero-order chi connectivity index (χ0) is 24.4. The second kappa shape index (κ2) is 9.49. The van der Waals surface area contributed by atoms with Gasteiger partial charge in [-0.05, 0) is 61.9 Å². The van der Waals surface area contributed by atoms with Gasteiger partial charge in [0, 0.05) is 10.6 Å². The van der Waals surface area contributed by atoms with E-state index in [-0.39, 0.29) is 29.3 Å². The molecule has 1 N–H and O–H groups in total. The number of hydrogen-bond donors (Lipinski definition) is 1. The molecule has 0 fully saturated rings. The minimum atomic E-state index is -0.683. The third-order valence-electron chi connectivity index (χ3n) is 5.62. The van der Waals surface area contributed by atoms with E-state index in [9.17, 15) is 19.2 Å². The van der Waals surface area contributed by atoms with E-state index in [0.717, 1.165) is 10.1 Å². The molecule has 3 aromatic carbocycles. The van der Waals surface area contributed by atoms with E-state index in [1.807, 2.05) is 37.3 Å². The van der Waals surface area contributed by atoms with Crippen LogP contribution in [0, 0.1) is 0 Å². The maximum atomic E-state index is 13.5. The number of halogens is 1. The number of hydrogen-bond acceptors (Lipinski definition) is 4. The average Bonchev–Trinajstić information content (AvgIpc) is 2.82. The fourth-order valence-electron chi connectivity index (χ4n) is 3.82. The molecule has 0 saturated carbocycles. The number of nitrogens with one attached hydrogen (secondary N) is 1. The van der Waals surface area contributed by atoms with Crippen LogP contribution in [0.3, 0.4) is 0 Å². The van der Waals surface area contributed by atoms with Gasteiger partial charge in [-0.3, -0.25) is 19.0 Å². The van der Waals surface area contributed by atoms with Crippen LogP contribution in [0.15, 0.2) is 82.4 Å². The molecule has 0 radical (unpaired) electrons. The molecule has 0 aliphatic carbocycles. The van der Waals surface area contributed by atoms with Crippen LogP contribution in [0.25, 0.3) is 16.6 Å². The molecule has 0 bridgehead atoms. The predicted octanol–water partition coefficient (Wildman–Crippen LogP) is 3.89. The van der Waals surface area contributed by atoms with Crippen LogP contribution < -0.4 is 16.6 Å². The Balaban J connectivity index is 1.80. The zero-order valence-corrected chi connectivity index (χ0v) is 19.4. The summed E-state index contributed by atoms with van der Waals surface area (Å²) in [5.41, 5.74) is 0.718. The molecule has 0 aliphatic rings. The van der Waals surface area contributed by atoms with Crippen molar-refractivity contribution in [2.24, 2.45) is 0 Å². The first-order valence-corrected chi connectivity index (χ1v) is 11.0. The van der Waals surface area contributed by atoms with Crippen molar-refractivity contribution >= 4 is 34.2 Å². The monoisotopic (exact) mass is 475 g/mol. The Labute approximate surface area is 200 Å². The van der Waals surface area contributed by atoms with Crippen LogP contribution in [-0.2, 0) is 11.3 Å². The van der Waals surface area contributed by atoms with Gasteiger partial charge < -0.3 is 5.32 Å². The van der Waals surface area contributed by atoms with Crippen molar-refractivity contribution in [3.05, 3.63) is 110 Å². The normalized spacial score (nSPS) is 11.9. The summed E-state index contributed by atoms with van der Waals surface area (Å²) in [6.07, 6.45) is 0. The van der Waals surface area contributed by atoms with Gasteiger partial charge in [0.2, 0.25) is 5.91 Å². The van der Waals surface area contributed by atoms with Crippen LogP contribution in [0.4, 0.5) is 0 Å². The Hall–Kier alpha value is -3.97. The highest BCUT2D eigenvalue weighted by molar-refractivity contribution is 6.31. The Morgan fingerprint density at radius 3 is 2.29 bits per heavy atom. The number of Topliss-reactive ketones (excluding diaryl/α,β-unsaturated/α-hetero) is 1. The van der Waals surface area contributed by atoms with Crippen molar-refractivity contribution in [1.29, 1.82) is 0 Å². The summed E-state index contributed by atoms with van der Waals surface area (Å²) in [6.45, 7) is 2.98. The molecule has 7 nitrogen and oxygen atoms in total. The summed E-state index contributed by atoms with van der Waals surface area (Å²) in [5.74, 6) is -0.523. The van der Waals surface area contributed by atoms with E-state index in [1.54, 1.807) is 18.2 Å². The molecule has 4 rings (SSSR count). The van der Waals surface area contributed by atoms with Gasteiger partial charge in [-0.25, -0.2) is 9.36 Å². The van der Waals surface area contributed by atoms with E-state index >= 15 is 0 Å². The summed E-state index contributed by atoms with van der Waals surface area (Å²) in [7, 11) is 0. The number of carbonyl (C=O) groups excluding carboxylic acids is 2. The van der Waals surface area contributed by atoms with Crippen molar-refractivity contribution in [3.8, 4) is 5.69 Å². The number of amides is 1. The second-order valence-corrected chi connectivity index (χ2v) is 8.41. The molecule has 0 spiro atoms. The summed E-state index contributed by atoms with van der Waals surface area (Å²) >= 11 is 6.14. The number of benzene rings is 3. The van der Waals surface area contributed by atoms with Crippen molar-refractivity contribution in [1.82, 2.24) is 14.5 Å². The summed E-state index contributed by atoms with van der Waals surface area (Å²) in [4.78, 5) is 51.2. The fourth-order valence-corrected chi connectivity index (χ4v) is 3.99. The third kappa shape index (κ3) is 4.56. The number of aromatic nitrogens is 2. The van der Waals surface area contributed by atoms with Crippen LogP contribution in [0.1, 0.15) is 35.8 Å². The van der Waals surface area contributed by atoms with Crippen molar-refractivity contribution in [2.45, 2.75) is 26.4 Å². The van der Waals surface area contributed by atoms with Gasteiger partial charge in [0.1, 0.15) is 6.54 Å². The van der Waals surface area contributed by atoms with Gasteiger partial charge in [-0.15, -0.1) is 0 Å². The van der Waals surface area contributed by atoms with Gasteiger partial charge in [0.05, 0.1) is 22.6 Å². The van der Waals surface area contributed by atoms with Gasteiger partial charge >= 0.3 is 5.69 Å². The van der Waals surface area contributed by atoms with Gasteiger partial charge in [-0.2, -0.15) is 0 Å². The minimum absolute atomic E-state index is 0.131. The zero-order valence-electron chi connectivity index (χ0n) is 18.6. The van der Waals surface area contributed by atoms with Crippen molar-refractivity contribution in [3.63, 3.8) is 0 Å². The highest BCUT2D eigenvalue weighted by Gasteiger charge is 2.18. The van der Waals surface area contributed by atoms with E-state index in [1.165, 1.54) is 35.8 Å². The molecule has 0 saturated heterocycles. The van der Waals surface area contributed by atoms with E-state index in [2.05, 4.69) is 5.32 Å². The third-order valence-corrected chi connectivity index (χ3v) is 5.85. The first-order chi connectivity index (χ1) is 16.3. The van der Waals surface area contributed by atoms with Crippen molar-refractivity contribution < 1.29 is 9.59 Å². The summed E-state index contributed by atoms with van der Waals surface area (Å²) in [5, 5.41) is 3.46. The molecular formula is C26H22ClN3O4. The van der Waals surface area contributed by atoms with Gasteiger partial charge in [0.15, 0.2) is 5.78 Å². The van der Waals surface area contributed by atoms with Crippen LogP contribution in [0.5, 0.6) is 0 Å². The molecule has 0 aliphatic heterocycles. The lowest BCUT2D eigenvalue weighted by atomic mass is 10.1. The van der Waals surface area contributed by atoms with E-state index < -0.39 is 17.2 Å². The second-order valence-electron chi connectivity index (χ2n) is 7.97. The number of rotatable bonds is 6. The summed E-state index contributed by atoms with van der Waals surface area (Å²) < 4.78 is 2.22. The van der Waals surface area contributed by atoms with Crippen molar-refractivity contribution in [2.75, 3.05) is 0 Å². The number of fused-ring (bicyclic) bond motifs is 1. The molecular weight excluding hydrogens is 454 g/mol. The molecule has 1 atom stereocenters. The quantitative estimate of drug-likeness (QED) is 0.428. The highest BCUT2D eigenvalue weighted by Crippen LogP contribution is 2.17. The van der Waals surface area contributed by atoms with Crippen LogP contribution in [0.2, 0.25) is 5.02 Å². The standard InChI is InChI=1S/C26H22ClN3O4/c1-16(18-6-4-3-5-7-18)28-24(32)15-29-23-14-20(27)10-13-22(23)25(33)30(26(29)34)21-11-8-19(9-12-21)17(2)31/h3-14,16H,15H2,1-2H3,(H,28,32). The first-order valence-electron chi connectivity index (χ1n) is 10.7. The SMILES string of the molecule is CC(=O)c1ccc(-n2c(=O)c3ccc(Cl)cc3n(CC(=O)NC(C)c3ccccc3)c2=O)cc1. The smallest absolute Gasteiger partial charge is 0.336 e. The Kier molecular flexibility index (Phi) is 6.47. The number of carbonyl (C=O) groups is 2. The Bertz CT molecular complexity index is 1510. The maximum absolute atomic E-state index is 13.5. The lowest BCUT2D eigenvalue weighted by Crippen LogP contribution is -2.42. The Morgan fingerprint density at radius 1 is 0.971 bits per heavy atom. The molecule has 34 heavy (non-hydrogen) atoms. The molecule has 1 unspecified atom stereocenters. The molecule has 1 amide bonds. The fraction of sp³-hybridized carbons (Fsp3) is 0.154. The number of ketones is 1. The van der Waals surface area contributed by atoms with Crippen LogP contribution >= 0.6 is 11.6 Å². The van der Waals surface area contributed by atoms with Crippen LogP contribution in [-0.4, -0.2) is 20.8 Å². The van der Waals surface area contributed by atoms with E-state index in [0.29, 0.717) is 16.3 Å². The van der Waals surface area contributed by atoms with Gasteiger partial charge in [0.25, 0.3) is 5.56 Å². The molecule has 1 aromatic heterocycles. The largest absolute Gasteiger partial charge is 0.348 e.